The average molecular weight is 303 g/mol. The summed E-state index contributed by atoms with van der Waals surface area (Å²) in [5, 5.41) is 12.1. The van der Waals surface area contributed by atoms with Gasteiger partial charge in [-0.15, -0.1) is 11.8 Å². The minimum Gasteiger partial charge on any atom is -0.384 e. The number of nitrogens with one attached hydrogen (secondary N) is 1. The highest BCUT2D eigenvalue weighted by Crippen LogP contribution is 2.30. The van der Waals surface area contributed by atoms with E-state index in [1.54, 1.807) is 16.4 Å². The van der Waals surface area contributed by atoms with Crippen molar-refractivity contribution < 1.29 is 0 Å². The molecule has 3 N–H and O–H groups in total. The van der Waals surface area contributed by atoms with Crippen LogP contribution < -0.4 is 10.6 Å². The maximum atomic E-state index is 7.89. The smallest absolute Gasteiger partial charge is 0.126 e. The van der Waals surface area contributed by atoms with Crippen molar-refractivity contribution in [3.05, 3.63) is 41.7 Å². The van der Waals surface area contributed by atoms with Gasteiger partial charge in [-0.2, -0.15) is 5.10 Å². The van der Waals surface area contributed by atoms with Crippen LogP contribution in [0.25, 0.3) is 0 Å². The molecule has 6 heteroatoms. The molecule has 112 valence electrons. The molecule has 0 amide bonds. The Bertz CT molecular complexity index is 635. The normalized spacial score (nSPS) is 10.6. The van der Waals surface area contributed by atoms with Crippen molar-refractivity contribution in [3.63, 3.8) is 0 Å². The van der Waals surface area contributed by atoms with Gasteiger partial charge in [0.2, 0.25) is 0 Å². The Morgan fingerprint density at radius 2 is 2.24 bits per heavy atom. The quantitative estimate of drug-likeness (QED) is 0.488. The van der Waals surface area contributed by atoms with Crippen LogP contribution in [0.15, 0.2) is 35.5 Å². The van der Waals surface area contributed by atoms with Gasteiger partial charge < -0.3 is 10.6 Å². The second-order valence-corrected chi connectivity index (χ2v) is 6.18. The van der Waals surface area contributed by atoms with Crippen LogP contribution in [0.3, 0.4) is 0 Å². The molecule has 1 heterocycles. The largest absolute Gasteiger partial charge is 0.384 e. The second-order valence-electron chi connectivity index (χ2n) is 4.88. The van der Waals surface area contributed by atoms with Gasteiger partial charge in [0.05, 0.1) is 11.8 Å². The SMILES string of the molecule is CCSc1cccc(N(C)Cc2cnn(C)c2)c1C(=N)N. The van der Waals surface area contributed by atoms with Crippen molar-refractivity contribution in [2.45, 2.75) is 18.4 Å². The number of anilines is 1. The Morgan fingerprint density at radius 1 is 1.48 bits per heavy atom. The highest BCUT2D eigenvalue weighted by molar-refractivity contribution is 7.99. The molecule has 0 bridgehead atoms. The fourth-order valence-corrected chi connectivity index (χ4v) is 3.14. The van der Waals surface area contributed by atoms with Crippen LogP contribution in [0, 0.1) is 5.41 Å². The summed E-state index contributed by atoms with van der Waals surface area (Å²) in [6.07, 6.45) is 3.85. The van der Waals surface area contributed by atoms with Crippen molar-refractivity contribution in [2.75, 3.05) is 17.7 Å². The molecule has 0 radical (unpaired) electrons. The van der Waals surface area contributed by atoms with E-state index in [2.05, 4.69) is 16.9 Å². The molecule has 0 aliphatic heterocycles. The van der Waals surface area contributed by atoms with Gasteiger partial charge >= 0.3 is 0 Å². The Labute approximate surface area is 129 Å². The number of hydrogen-bond acceptors (Lipinski definition) is 4. The van der Waals surface area contributed by atoms with Crippen molar-refractivity contribution in [1.82, 2.24) is 9.78 Å². The van der Waals surface area contributed by atoms with E-state index < -0.39 is 0 Å². The van der Waals surface area contributed by atoms with E-state index in [4.69, 9.17) is 11.1 Å². The van der Waals surface area contributed by atoms with Crippen molar-refractivity contribution in [3.8, 4) is 0 Å². The molecule has 0 aliphatic rings. The molecular weight excluding hydrogens is 282 g/mol. The van der Waals surface area contributed by atoms with Gasteiger partial charge in [-0.05, 0) is 17.9 Å². The van der Waals surface area contributed by atoms with Crippen LogP contribution in [-0.2, 0) is 13.6 Å². The zero-order valence-corrected chi connectivity index (χ0v) is 13.4. The highest BCUT2D eigenvalue weighted by Gasteiger charge is 2.15. The predicted octanol–water partition coefficient (Wildman–Crippen LogP) is 2.45. The summed E-state index contributed by atoms with van der Waals surface area (Å²) in [7, 11) is 3.91. The minimum absolute atomic E-state index is 0.111. The number of aromatic nitrogens is 2. The Balaban J connectivity index is 2.33. The van der Waals surface area contributed by atoms with Crippen molar-refractivity contribution in [2.24, 2.45) is 12.8 Å². The summed E-state index contributed by atoms with van der Waals surface area (Å²) in [6, 6.07) is 6.04. The summed E-state index contributed by atoms with van der Waals surface area (Å²) >= 11 is 1.71. The molecule has 0 saturated heterocycles. The monoisotopic (exact) mass is 303 g/mol. The van der Waals surface area contributed by atoms with E-state index >= 15 is 0 Å². The number of nitrogen functional groups attached to an aromatic ring is 1. The van der Waals surface area contributed by atoms with Crippen molar-refractivity contribution >= 4 is 23.3 Å². The molecule has 0 saturated carbocycles. The van der Waals surface area contributed by atoms with Crippen LogP contribution in [-0.4, -0.2) is 28.4 Å². The average Bonchev–Trinajstić information content (AvgIpc) is 2.84. The van der Waals surface area contributed by atoms with E-state index in [1.165, 1.54) is 0 Å². The summed E-state index contributed by atoms with van der Waals surface area (Å²) in [5.41, 5.74) is 8.73. The number of amidine groups is 1. The van der Waals surface area contributed by atoms with Gasteiger partial charge in [0.1, 0.15) is 5.84 Å². The first-order valence-electron chi connectivity index (χ1n) is 6.81. The second kappa shape index (κ2) is 6.67. The lowest BCUT2D eigenvalue weighted by Gasteiger charge is -2.23. The topological polar surface area (TPSA) is 70.9 Å². The lowest BCUT2D eigenvalue weighted by atomic mass is 10.1. The molecule has 0 fully saturated rings. The van der Waals surface area contributed by atoms with Gasteiger partial charge in [0.15, 0.2) is 0 Å². The summed E-state index contributed by atoms with van der Waals surface area (Å²) in [4.78, 5) is 3.16. The lowest BCUT2D eigenvalue weighted by Crippen LogP contribution is -2.22. The Hall–Kier alpha value is -1.95. The zero-order chi connectivity index (χ0) is 15.4. The maximum absolute atomic E-state index is 7.89. The fourth-order valence-electron chi connectivity index (χ4n) is 2.30. The number of nitrogens with two attached hydrogens (primary N) is 1. The van der Waals surface area contributed by atoms with Gasteiger partial charge in [-0.1, -0.05) is 13.0 Å². The van der Waals surface area contributed by atoms with Crippen LogP contribution in [0.2, 0.25) is 0 Å². The molecule has 2 rings (SSSR count). The molecule has 1 aromatic carbocycles. The number of thioether (sulfide) groups is 1. The number of aryl methyl sites for hydroxylation is 1. The first-order chi connectivity index (χ1) is 10.0. The van der Waals surface area contributed by atoms with E-state index in [-0.39, 0.29) is 5.84 Å². The van der Waals surface area contributed by atoms with E-state index in [0.29, 0.717) is 0 Å². The summed E-state index contributed by atoms with van der Waals surface area (Å²) in [6.45, 7) is 2.83. The van der Waals surface area contributed by atoms with Gasteiger partial charge in [-0.25, -0.2) is 0 Å². The van der Waals surface area contributed by atoms with Crippen LogP contribution in [0.1, 0.15) is 18.1 Å². The molecule has 0 atom stereocenters. The molecule has 0 spiro atoms. The molecule has 0 aliphatic carbocycles. The van der Waals surface area contributed by atoms with Gasteiger partial charge in [-0.3, -0.25) is 10.1 Å². The maximum Gasteiger partial charge on any atom is 0.126 e. The Kier molecular flexibility index (Phi) is 4.90. The minimum atomic E-state index is 0.111. The van der Waals surface area contributed by atoms with Gasteiger partial charge in [0, 0.05) is 43.0 Å². The van der Waals surface area contributed by atoms with E-state index in [9.17, 15) is 0 Å². The van der Waals surface area contributed by atoms with E-state index in [1.807, 2.05) is 44.7 Å². The summed E-state index contributed by atoms with van der Waals surface area (Å²) < 4.78 is 1.79. The van der Waals surface area contributed by atoms with E-state index in [0.717, 1.165) is 34.0 Å². The molecular formula is C15H21N5S. The van der Waals surface area contributed by atoms with Crippen molar-refractivity contribution in [1.29, 1.82) is 5.41 Å². The molecule has 0 unspecified atom stereocenters. The first-order valence-corrected chi connectivity index (χ1v) is 7.80. The van der Waals surface area contributed by atoms with Crippen LogP contribution >= 0.6 is 11.8 Å². The molecule has 2 aromatic rings. The van der Waals surface area contributed by atoms with Crippen LogP contribution in [0.5, 0.6) is 0 Å². The number of hydrogen-bond donors (Lipinski definition) is 2. The standard InChI is InChI=1S/C15H21N5S/c1-4-21-13-7-5-6-12(14(13)15(16)17)19(2)9-11-8-18-20(3)10-11/h5-8,10H,4,9H2,1-3H3,(H3,16,17). The third-order valence-corrected chi connectivity index (χ3v) is 4.10. The van der Waals surface area contributed by atoms with Crippen LogP contribution in [0.4, 0.5) is 5.69 Å². The fraction of sp³-hybridized carbons (Fsp3) is 0.333. The molecule has 5 nitrogen and oxygen atoms in total. The lowest BCUT2D eigenvalue weighted by molar-refractivity contribution is 0.766. The zero-order valence-electron chi connectivity index (χ0n) is 12.6. The highest BCUT2D eigenvalue weighted by atomic mass is 32.2. The first kappa shape index (κ1) is 15.4. The number of nitrogens with zero attached hydrogens (tertiary/aromatic N) is 3. The third kappa shape index (κ3) is 3.58. The Morgan fingerprint density at radius 3 is 2.81 bits per heavy atom. The third-order valence-electron chi connectivity index (χ3n) is 3.16. The van der Waals surface area contributed by atoms with Gasteiger partial charge in [0.25, 0.3) is 0 Å². The molecule has 1 aromatic heterocycles. The molecule has 21 heavy (non-hydrogen) atoms. The predicted molar refractivity (Wildman–Crippen MR) is 89.2 cm³/mol. The number of rotatable bonds is 6. The number of benzene rings is 1. The summed E-state index contributed by atoms with van der Waals surface area (Å²) in [5.74, 6) is 1.07.